The summed E-state index contributed by atoms with van der Waals surface area (Å²) in [6.07, 6.45) is 1.04. The van der Waals surface area contributed by atoms with Crippen molar-refractivity contribution in [3.05, 3.63) is 28.2 Å². The zero-order valence-electron chi connectivity index (χ0n) is 13.1. The number of benzene rings is 1. The number of ether oxygens (including phenoxy) is 2. The van der Waals surface area contributed by atoms with Crippen molar-refractivity contribution in [2.75, 3.05) is 13.7 Å². The van der Waals surface area contributed by atoms with Crippen molar-refractivity contribution in [2.24, 2.45) is 0 Å². The Morgan fingerprint density at radius 2 is 2.00 bits per heavy atom. The first-order valence-electron chi connectivity index (χ1n) is 7.01. The molecule has 0 amide bonds. The zero-order chi connectivity index (χ0) is 15.2. The summed E-state index contributed by atoms with van der Waals surface area (Å²) in [6.45, 7) is 10.1. The van der Waals surface area contributed by atoms with E-state index in [2.05, 4.69) is 55.0 Å². The summed E-state index contributed by atoms with van der Waals surface area (Å²) in [5, 5.41) is 3.49. The molecule has 0 spiro atoms. The first-order chi connectivity index (χ1) is 9.31. The van der Waals surface area contributed by atoms with E-state index in [1.165, 1.54) is 5.56 Å². The van der Waals surface area contributed by atoms with Crippen LogP contribution in [0.2, 0.25) is 0 Å². The van der Waals surface area contributed by atoms with Crippen molar-refractivity contribution in [1.29, 1.82) is 0 Å². The molecule has 0 aliphatic rings. The lowest BCUT2D eigenvalue weighted by Gasteiger charge is -2.21. The molecule has 1 unspecified atom stereocenters. The predicted octanol–water partition coefficient (Wildman–Crippen LogP) is 4.14. The molecular weight excluding hydrogens is 318 g/mol. The van der Waals surface area contributed by atoms with Gasteiger partial charge in [0, 0.05) is 36.7 Å². The number of nitrogens with one attached hydrogen (secondary N) is 1. The lowest BCUT2D eigenvalue weighted by Crippen LogP contribution is -2.35. The highest BCUT2D eigenvalue weighted by atomic mass is 79.9. The molecule has 0 heterocycles. The molecule has 0 saturated heterocycles. The van der Waals surface area contributed by atoms with Gasteiger partial charge in [-0.15, -0.1) is 0 Å². The van der Waals surface area contributed by atoms with E-state index in [1.54, 1.807) is 7.11 Å². The van der Waals surface area contributed by atoms with Crippen LogP contribution in [0.25, 0.3) is 0 Å². The SMILES string of the molecule is COCCC(C)Oc1ccc(Br)c(CNC(C)(C)C)c1. The van der Waals surface area contributed by atoms with E-state index < -0.39 is 0 Å². The quantitative estimate of drug-likeness (QED) is 0.806. The predicted molar refractivity (Wildman–Crippen MR) is 87.3 cm³/mol. The van der Waals surface area contributed by atoms with Gasteiger partial charge in [-0.25, -0.2) is 0 Å². The van der Waals surface area contributed by atoms with Gasteiger partial charge in [0.2, 0.25) is 0 Å². The van der Waals surface area contributed by atoms with Gasteiger partial charge in [-0.2, -0.15) is 0 Å². The van der Waals surface area contributed by atoms with E-state index in [0.717, 1.165) is 29.8 Å². The molecular formula is C16H26BrNO2. The highest BCUT2D eigenvalue weighted by molar-refractivity contribution is 9.10. The number of hydrogen-bond acceptors (Lipinski definition) is 3. The fourth-order valence-electron chi connectivity index (χ4n) is 1.70. The summed E-state index contributed by atoms with van der Waals surface area (Å²) >= 11 is 3.59. The van der Waals surface area contributed by atoms with Crippen LogP contribution in [0, 0.1) is 0 Å². The number of methoxy groups -OCH3 is 1. The Bertz CT molecular complexity index is 415. The third kappa shape index (κ3) is 6.73. The van der Waals surface area contributed by atoms with Crippen LogP contribution in [0.3, 0.4) is 0 Å². The maximum atomic E-state index is 5.92. The van der Waals surface area contributed by atoms with E-state index in [0.29, 0.717) is 0 Å². The van der Waals surface area contributed by atoms with Gasteiger partial charge in [0.25, 0.3) is 0 Å². The van der Waals surface area contributed by atoms with Crippen LogP contribution in [0.4, 0.5) is 0 Å². The average molecular weight is 344 g/mol. The smallest absolute Gasteiger partial charge is 0.120 e. The van der Waals surface area contributed by atoms with Crippen molar-refractivity contribution in [1.82, 2.24) is 5.32 Å². The monoisotopic (exact) mass is 343 g/mol. The third-order valence-electron chi connectivity index (χ3n) is 2.89. The average Bonchev–Trinajstić information content (AvgIpc) is 2.36. The second-order valence-corrected chi connectivity index (χ2v) is 6.92. The molecule has 4 heteroatoms. The van der Waals surface area contributed by atoms with Crippen LogP contribution in [0.5, 0.6) is 5.75 Å². The van der Waals surface area contributed by atoms with Crippen LogP contribution in [-0.2, 0) is 11.3 Å². The summed E-state index contributed by atoms with van der Waals surface area (Å²) < 4.78 is 12.1. The minimum Gasteiger partial charge on any atom is -0.491 e. The lowest BCUT2D eigenvalue weighted by molar-refractivity contribution is 0.135. The summed E-state index contributed by atoms with van der Waals surface area (Å²) in [5.74, 6) is 0.905. The van der Waals surface area contributed by atoms with E-state index in [-0.39, 0.29) is 11.6 Å². The molecule has 0 aliphatic heterocycles. The van der Waals surface area contributed by atoms with E-state index >= 15 is 0 Å². The van der Waals surface area contributed by atoms with Crippen LogP contribution in [0.15, 0.2) is 22.7 Å². The highest BCUT2D eigenvalue weighted by Crippen LogP contribution is 2.24. The van der Waals surface area contributed by atoms with Crippen LogP contribution in [-0.4, -0.2) is 25.4 Å². The Morgan fingerprint density at radius 3 is 2.60 bits per heavy atom. The van der Waals surface area contributed by atoms with Crippen molar-refractivity contribution < 1.29 is 9.47 Å². The molecule has 3 nitrogen and oxygen atoms in total. The maximum Gasteiger partial charge on any atom is 0.120 e. The number of halogens is 1. The Morgan fingerprint density at radius 1 is 1.30 bits per heavy atom. The molecule has 1 N–H and O–H groups in total. The Hall–Kier alpha value is -0.580. The molecule has 1 aromatic rings. The molecule has 0 aliphatic carbocycles. The van der Waals surface area contributed by atoms with E-state index in [4.69, 9.17) is 9.47 Å². The van der Waals surface area contributed by atoms with Crippen molar-refractivity contribution in [3.63, 3.8) is 0 Å². The Balaban J connectivity index is 2.65. The summed E-state index contributed by atoms with van der Waals surface area (Å²) in [7, 11) is 1.71. The molecule has 0 radical (unpaired) electrons. The fourth-order valence-corrected chi connectivity index (χ4v) is 2.08. The summed E-state index contributed by atoms with van der Waals surface area (Å²) in [6, 6.07) is 6.12. The van der Waals surface area contributed by atoms with E-state index in [1.807, 2.05) is 12.1 Å². The molecule has 1 rings (SSSR count). The first-order valence-corrected chi connectivity index (χ1v) is 7.80. The fraction of sp³-hybridized carbons (Fsp3) is 0.625. The van der Waals surface area contributed by atoms with Crippen molar-refractivity contribution in [3.8, 4) is 5.75 Å². The first kappa shape index (κ1) is 17.5. The molecule has 114 valence electrons. The van der Waals surface area contributed by atoms with Crippen LogP contribution < -0.4 is 10.1 Å². The largest absolute Gasteiger partial charge is 0.491 e. The molecule has 1 atom stereocenters. The molecule has 0 saturated carbocycles. The molecule has 0 fully saturated rings. The van der Waals surface area contributed by atoms with Gasteiger partial charge in [0.05, 0.1) is 6.10 Å². The number of rotatable bonds is 7. The summed E-state index contributed by atoms with van der Waals surface area (Å²) in [4.78, 5) is 0. The molecule has 0 bridgehead atoms. The Kier molecular flexibility index (Phi) is 7.00. The number of hydrogen-bond donors (Lipinski definition) is 1. The van der Waals surface area contributed by atoms with Crippen molar-refractivity contribution >= 4 is 15.9 Å². The van der Waals surface area contributed by atoms with Gasteiger partial charge < -0.3 is 14.8 Å². The standard InChI is InChI=1S/C16H26BrNO2/c1-12(8-9-19-5)20-14-6-7-15(17)13(10-14)11-18-16(2,3)4/h6-7,10,12,18H,8-9,11H2,1-5H3. The summed E-state index contributed by atoms with van der Waals surface area (Å²) in [5.41, 5.74) is 1.30. The normalized spacial score (nSPS) is 13.3. The topological polar surface area (TPSA) is 30.5 Å². The molecule has 0 aromatic heterocycles. The lowest BCUT2D eigenvalue weighted by atomic mass is 10.1. The van der Waals surface area contributed by atoms with Gasteiger partial charge in [-0.05, 0) is 51.5 Å². The maximum absolute atomic E-state index is 5.92. The minimum absolute atomic E-state index is 0.0993. The van der Waals surface area contributed by atoms with Crippen molar-refractivity contribution in [2.45, 2.75) is 52.3 Å². The zero-order valence-corrected chi connectivity index (χ0v) is 14.7. The minimum atomic E-state index is 0.0993. The van der Waals surface area contributed by atoms with Gasteiger partial charge in [0.1, 0.15) is 5.75 Å². The molecule has 1 aromatic carbocycles. The second-order valence-electron chi connectivity index (χ2n) is 6.07. The van der Waals surface area contributed by atoms with Crippen LogP contribution >= 0.6 is 15.9 Å². The Labute approximate surface area is 131 Å². The van der Waals surface area contributed by atoms with Crippen LogP contribution in [0.1, 0.15) is 39.7 Å². The third-order valence-corrected chi connectivity index (χ3v) is 3.67. The van der Waals surface area contributed by atoms with Gasteiger partial charge in [-0.3, -0.25) is 0 Å². The molecule has 20 heavy (non-hydrogen) atoms. The van der Waals surface area contributed by atoms with Gasteiger partial charge >= 0.3 is 0 Å². The highest BCUT2D eigenvalue weighted by Gasteiger charge is 2.11. The van der Waals surface area contributed by atoms with Gasteiger partial charge in [-0.1, -0.05) is 15.9 Å². The van der Waals surface area contributed by atoms with Gasteiger partial charge in [0.15, 0.2) is 0 Å². The second kappa shape index (κ2) is 8.01. The van der Waals surface area contributed by atoms with E-state index in [9.17, 15) is 0 Å².